The normalized spacial score (nSPS) is 11.4. The predicted octanol–water partition coefficient (Wildman–Crippen LogP) is 0.825. The van der Waals surface area contributed by atoms with Crippen molar-refractivity contribution in [1.82, 2.24) is 0 Å². The SMILES string of the molecule is Cc1ccc(NS(C)(=O)=O)cc1CN. The number of hydrogen-bond donors (Lipinski definition) is 2. The van der Waals surface area contributed by atoms with Crippen LogP contribution in [-0.2, 0) is 16.6 Å². The van der Waals surface area contributed by atoms with Gasteiger partial charge in [0.1, 0.15) is 0 Å². The van der Waals surface area contributed by atoms with Gasteiger partial charge in [0.15, 0.2) is 0 Å². The molecule has 1 aromatic carbocycles. The van der Waals surface area contributed by atoms with Crippen molar-refractivity contribution >= 4 is 15.7 Å². The number of aryl methyl sites for hydroxylation is 1. The zero-order valence-corrected chi connectivity index (χ0v) is 9.06. The van der Waals surface area contributed by atoms with E-state index in [1.807, 2.05) is 13.0 Å². The van der Waals surface area contributed by atoms with Crippen LogP contribution in [-0.4, -0.2) is 14.7 Å². The Morgan fingerprint density at radius 2 is 2.07 bits per heavy atom. The number of nitrogens with one attached hydrogen (secondary N) is 1. The maximum Gasteiger partial charge on any atom is 0.229 e. The number of anilines is 1. The van der Waals surface area contributed by atoms with Crippen molar-refractivity contribution in [3.05, 3.63) is 29.3 Å². The number of rotatable bonds is 3. The Hall–Kier alpha value is -1.07. The number of nitrogens with two attached hydrogens (primary N) is 1. The fourth-order valence-corrected chi connectivity index (χ4v) is 1.72. The van der Waals surface area contributed by atoms with Gasteiger partial charge in [0.25, 0.3) is 0 Å². The first-order valence-corrected chi connectivity index (χ1v) is 6.09. The van der Waals surface area contributed by atoms with Gasteiger partial charge in [-0.05, 0) is 30.2 Å². The molecule has 0 unspecified atom stereocenters. The molecule has 0 amide bonds. The third-order valence-electron chi connectivity index (χ3n) is 1.87. The summed E-state index contributed by atoms with van der Waals surface area (Å²) in [6.45, 7) is 2.34. The fraction of sp³-hybridized carbons (Fsp3) is 0.333. The lowest BCUT2D eigenvalue weighted by Crippen LogP contribution is -2.10. The summed E-state index contributed by atoms with van der Waals surface area (Å²) in [5.74, 6) is 0. The molecule has 0 heterocycles. The highest BCUT2D eigenvalue weighted by Crippen LogP contribution is 2.15. The molecule has 1 rings (SSSR count). The third kappa shape index (κ3) is 3.01. The molecule has 0 atom stereocenters. The van der Waals surface area contributed by atoms with Gasteiger partial charge in [0.2, 0.25) is 10.0 Å². The highest BCUT2D eigenvalue weighted by atomic mass is 32.2. The average molecular weight is 214 g/mol. The first kappa shape index (κ1) is 11.0. The quantitative estimate of drug-likeness (QED) is 0.782. The van der Waals surface area contributed by atoms with E-state index in [1.165, 1.54) is 0 Å². The molecule has 5 heteroatoms. The van der Waals surface area contributed by atoms with Crippen LogP contribution in [0, 0.1) is 6.92 Å². The van der Waals surface area contributed by atoms with Crippen LogP contribution >= 0.6 is 0 Å². The molecule has 78 valence electrons. The molecule has 14 heavy (non-hydrogen) atoms. The molecule has 0 aliphatic heterocycles. The van der Waals surface area contributed by atoms with Gasteiger partial charge in [-0.2, -0.15) is 0 Å². The second kappa shape index (κ2) is 3.98. The first-order chi connectivity index (χ1) is 6.42. The molecule has 0 fully saturated rings. The van der Waals surface area contributed by atoms with Crippen molar-refractivity contribution in [1.29, 1.82) is 0 Å². The van der Waals surface area contributed by atoms with E-state index < -0.39 is 10.0 Å². The maximum absolute atomic E-state index is 10.9. The summed E-state index contributed by atoms with van der Waals surface area (Å²) >= 11 is 0. The minimum absolute atomic E-state index is 0.408. The molecule has 0 radical (unpaired) electrons. The van der Waals surface area contributed by atoms with Gasteiger partial charge in [-0.25, -0.2) is 8.42 Å². The fourth-order valence-electron chi connectivity index (χ4n) is 1.17. The predicted molar refractivity (Wildman–Crippen MR) is 57.5 cm³/mol. The van der Waals surface area contributed by atoms with E-state index in [1.54, 1.807) is 12.1 Å². The van der Waals surface area contributed by atoms with Gasteiger partial charge in [-0.3, -0.25) is 4.72 Å². The van der Waals surface area contributed by atoms with Gasteiger partial charge in [0.05, 0.1) is 6.26 Å². The monoisotopic (exact) mass is 214 g/mol. The van der Waals surface area contributed by atoms with Crippen molar-refractivity contribution in [2.45, 2.75) is 13.5 Å². The van der Waals surface area contributed by atoms with Crippen LogP contribution in [0.3, 0.4) is 0 Å². The number of benzene rings is 1. The van der Waals surface area contributed by atoms with E-state index in [4.69, 9.17) is 5.73 Å². The minimum atomic E-state index is -3.21. The van der Waals surface area contributed by atoms with E-state index in [0.717, 1.165) is 17.4 Å². The van der Waals surface area contributed by atoms with Gasteiger partial charge < -0.3 is 5.73 Å². The molecule has 0 bridgehead atoms. The van der Waals surface area contributed by atoms with Crippen LogP contribution in [0.1, 0.15) is 11.1 Å². The number of hydrogen-bond acceptors (Lipinski definition) is 3. The van der Waals surface area contributed by atoms with Crippen molar-refractivity contribution < 1.29 is 8.42 Å². The standard InChI is InChI=1S/C9H14N2O2S/c1-7-3-4-9(5-8(7)6-10)11-14(2,12)13/h3-5,11H,6,10H2,1-2H3. The molecule has 0 aliphatic rings. The summed E-state index contributed by atoms with van der Waals surface area (Å²) in [6.07, 6.45) is 1.12. The molecular formula is C9H14N2O2S. The Labute approximate surface area is 84.2 Å². The van der Waals surface area contributed by atoms with Gasteiger partial charge in [-0.1, -0.05) is 6.07 Å². The van der Waals surface area contributed by atoms with Gasteiger partial charge >= 0.3 is 0 Å². The average Bonchev–Trinajstić information content (AvgIpc) is 2.06. The Morgan fingerprint density at radius 3 is 2.57 bits per heavy atom. The van der Waals surface area contributed by atoms with Gasteiger partial charge in [-0.15, -0.1) is 0 Å². The van der Waals surface area contributed by atoms with Crippen LogP contribution in [0.15, 0.2) is 18.2 Å². The van der Waals surface area contributed by atoms with Crippen LogP contribution in [0.5, 0.6) is 0 Å². The molecule has 0 spiro atoms. The highest BCUT2D eigenvalue weighted by molar-refractivity contribution is 7.92. The molecule has 1 aromatic rings. The second-order valence-electron chi connectivity index (χ2n) is 3.22. The van der Waals surface area contributed by atoms with Crippen LogP contribution < -0.4 is 10.5 Å². The van der Waals surface area contributed by atoms with E-state index in [0.29, 0.717) is 12.2 Å². The zero-order chi connectivity index (χ0) is 10.8. The van der Waals surface area contributed by atoms with Crippen molar-refractivity contribution in [2.24, 2.45) is 5.73 Å². The van der Waals surface area contributed by atoms with Crippen molar-refractivity contribution in [2.75, 3.05) is 11.0 Å². The Bertz CT molecular complexity index is 426. The van der Waals surface area contributed by atoms with Crippen molar-refractivity contribution in [3.63, 3.8) is 0 Å². The van der Waals surface area contributed by atoms with Crippen LogP contribution in [0.25, 0.3) is 0 Å². The zero-order valence-electron chi connectivity index (χ0n) is 8.24. The van der Waals surface area contributed by atoms with Crippen LogP contribution in [0.4, 0.5) is 5.69 Å². The largest absolute Gasteiger partial charge is 0.326 e. The lowest BCUT2D eigenvalue weighted by atomic mass is 10.1. The second-order valence-corrected chi connectivity index (χ2v) is 4.97. The molecule has 0 aliphatic carbocycles. The summed E-state index contributed by atoms with van der Waals surface area (Å²) in [4.78, 5) is 0. The molecular weight excluding hydrogens is 200 g/mol. The summed E-state index contributed by atoms with van der Waals surface area (Å²) in [5, 5.41) is 0. The summed E-state index contributed by atoms with van der Waals surface area (Å²) in [7, 11) is -3.21. The molecule has 3 N–H and O–H groups in total. The lowest BCUT2D eigenvalue weighted by Gasteiger charge is -2.07. The topological polar surface area (TPSA) is 72.2 Å². The maximum atomic E-state index is 10.9. The lowest BCUT2D eigenvalue weighted by molar-refractivity contribution is 0.607. The van der Waals surface area contributed by atoms with E-state index in [9.17, 15) is 8.42 Å². The minimum Gasteiger partial charge on any atom is -0.326 e. The molecule has 0 saturated heterocycles. The van der Waals surface area contributed by atoms with Gasteiger partial charge in [0, 0.05) is 12.2 Å². The van der Waals surface area contributed by atoms with Crippen LogP contribution in [0.2, 0.25) is 0 Å². The van der Waals surface area contributed by atoms with E-state index >= 15 is 0 Å². The first-order valence-electron chi connectivity index (χ1n) is 4.20. The molecule has 0 saturated carbocycles. The summed E-state index contributed by atoms with van der Waals surface area (Å²) < 4.78 is 24.3. The Morgan fingerprint density at radius 1 is 1.43 bits per heavy atom. The molecule has 4 nitrogen and oxygen atoms in total. The Kier molecular flexibility index (Phi) is 3.13. The third-order valence-corrected chi connectivity index (χ3v) is 2.48. The molecule has 0 aromatic heterocycles. The highest BCUT2D eigenvalue weighted by Gasteiger charge is 2.03. The van der Waals surface area contributed by atoms with Crippen molar-refractivity contribution in [3.8, 4) is 0 Å². The van der Waals surface area contributed by atoms with E-state index in [2.05, 4.69) is 4.72 Å². The van der Waals surface area contributed by atoms with E-state index in [-0.39, 0.29) is 0 Å². The smallest absolute Gasteiger partial charge is 0.229 e. The summed E-state index contributed by atoms with van der Waals surface area (Å²) in [6, 6.07) is 5.31. The Balaban J connectivity index is 3.01. The summed E-state index contributed by atoms with van der Waals surface area (Å²) in [5.41, 5.74) is 8.07. The number of sulfonamides is 1.